The zero-order chi connectivity index (χ0) is 25.2. The van der Waals surface area contributed by atoms with Crippen molar-refractivity contribution in [3.8, 4) is 11.4 Å². The lowest BCUT2D eigenvalue weighted by Gasteiger charge is -2.36. The molecule has 5 rings (SSSR count). The van der Waals surface area contributed by atoms with Crippen molar-refractivity contribution in [3.05, 3.63) is 105 Å². The van der Waals surface area contributed by atoms with Crippen molar-refractivity contribution in [2.24, 2.45) is 0 Å². The number of benzene rings is 2. The van der Waals surface area contributed by atoms with Crippen LogP contribution in [0.1, 0.15) is 11.1 Å². The molecule has 2 aromatic heterocycles. The second kappa shape index (κ2) is 9.88. The van der Waals surface area contributed by atoms with Crippen LogP contribution in [0.3, 0.4) is 0 Å². The molecule has 1 atom stereocenters. The maximum Gasteiger partial charge on any atom is 0.323 e. The van der Waals surface area contributed by atoms with Crippen LogP contribution in [0.15, 0.2) is 83.8 Å². The summed E-state index contributed by atoms with van der Waals surface area (Å²) in [7, 11) is 0. The summed E-state index contributed by atoms with van der Waals surface area (Å²) in [5.41, 5.74) is 2.69. The Kier molecular flexibility index (Phi) is 6.49. The van der Waals surface area contributed by atoms with Gasteiger partial charge < -0.3 is 15.3 Å². The Labute approximate surface area is 215 Å². The van der Waals surface area contributed by atoms with Crippen molar-refractivity contribution in [1.82, 2.24) is 9.47 Å². The van der Waals surface area contributed by atoms with E-state index >= 15 is 0 Å². The summed E-state index contributed by atoms with van der Waals surface area (Å²) in [5, 5.41) is 16.2. The van der Waals surface area contributed by atoms with Crippen molar-refractivity contribution >= 4 is 45.6 Å². The molecule has 1 aliphatic rings. The molecule has 0 bridgehead atoms. The third-order valence-electron chi connectivity index (χ3n) is 5.92. The molecule has 3 amide bonds. The molecule has 10 heteroatoms. The second-order valence-corrected chi connectivity index (χ2v) is 9.99. The minimum Gasteiger partial charge on any atom is -0.508 e. The van der Waals surface area contributed by atoms with Gasteiger partial charge in [-0.3, -0.25) is 19.5 Å². The smallest absolute Gasteiger partial charge is 0.323 e. The number of aromatic nitrogens is 1. The maximum atomic E-state index is 13.4. The molecule has 3 heterocycles. The van der Waals surface area contributed by atoms with Crippen LogP contribution in [0, 0.1) is 0 Å². The topological polar surface area (TPSA) is 104 Å². The summed E-state index contributed by atoms with van der Waals surface area (Å²) in [6, 6.07) is 18.9. The molecular weight excluding hydrogens is 500 g/mol. The number of carbonyl (C=O) groups excluding carboxylic acids is 2. The number of pyridine rings is 1. The second-order valence-electron chi connectivity index (χ2n) is 8.28. The van der Waals surface area contributed by atoms with Crippen molar-refractivity contribution in [3.63, 3.8) is 0 Å². The number of fused-ring (bicyclic) bond motifs is 1. The average molecular weight is 521 g/mol. The first-order valence-electron chi connectivity index (χ1n) is 11.1. The van der Waals surface area contributed by atoms with Gasteiger partial charge in [-0.05, 0) is 65.7 Å². The molecule has 4 aromatic rings. The lowest BCUT2D eigenvalue weighted by Crippen LogP contribution is -2.52. The Morgan fingerprint density at radius 2 is 1.78 bits per heavy atom. The quantitative estimate of drug-likeness (QED) is 0.357. The molecule has 0 unspecified atom stereocenters. The third-order valence-corrected chi connectivity index (χ3v) is 7.07. The highest BCUT2D eigenvalue weighted by Crippen LogP contribution is 2.30. The number of anilines is 2. The van der Waals surface area contributed by atoms with E-state index in [0.29, 0.717) is 20.7 Å². The largest absolute Gasteiger partial charge is 0.508 e. The molecule has 0 saturated carbocycles. The van der Waals surface area contributed by atoms with Crippen molar-refractivity contribution < 1.29 is 14.7 Å². The normalized spacial score (nSPS) is 14.7. The molecular formula is C26H21ClN4O4S. The summed E-state index contributed by atoms with van der Waals surface area (Å²) < 4.78 is 2.04. The summed E-state index contributed by atoms with van der Waals surface area (Å²) >= 11 is 7.22. The van der Waals surface area contributed by atoms with Crippen LogP contribution in [0.2, 0.25) is 4.34 Å². The predicted molar refractivity (Wildman–Crippen MR) is 140 cm³/mol. The molecule has 1 aliphatic heterocycles. The highest BCUT2D eigenvalue weighted by atomic mass is 35.5. The van der Waals surface area contributed by atoms with Gasteiger partial charge in [0.05, 0.1) is 9.34 Å². The number of nitrogens with one attached hydrogen (secondary N) is 2. The van der Waals surface area contributed by atoms with Gasteiger partial charge in [0.15, 0.2) is 0 Å². The SMILES string of the molecule is O=C(Nc1ccc(-n2ccccc2=O)cc1)[C@H]1Cc2cc(O)ccc2CN1C(=O)Nc1ccc(Cl)s1. The van der Waals surface area contributed by atoms with Crippen LogP contribution in [0.25, 0.3) is 5.69 Å². The lowest BCUT2D eigenvalue weighted by molar-refractivity contribution is -0.120. The van der Waals surface area contributed by atoms with Crippen molar-refractivity contribution in [2.75, 3.05) is 10.6 Å². The molecule has 0 aliphatic carbocycles. The standard InChI is InChI=1S/C26H21ClN4O4S/c27-22-10-11-23(36-22)29-26(35)31-15-16-4-9-20(32)13-17(16)14-21(31)25(34)28-18-5-7-19(8-6-18)30-12-2-1-3-24(30)33/h1-13,21,32H,14-15H2,(H,28,34)(H,29,35)/t21-/m1/s1. The number of halogens is 1. The van der Waals surface area contributed by atoms with Crippen LogP contribution in [-0.4, -0.2) is 32.6 Å². The fourth-order valence-electron chi connectivity index (χ4n) is 4.15. The molecule has 0 spiro atoms. The Balaban J connectivity index is 1.38. The van der Waals surface area contributed by atoms with E-state index in [2.05, 4.69) is 10.6 Å². The number of thiophene rings is 1. The summed E-state index contributed by atoms with van der Waals surface area (Å²) in [5.74, 6) is -0.265. The zero-order valence-electron chi connectivity index (χ0n) is 18.8. The van der Waals surface area contributed by atoms with Gasteiger partial charge in [-0.25, -0.2) is 4.79 Å². The first-order valence-corrected chi connectivity index (χ1v) is 12.3. The van der Waals surface area contributed by atoms with Gasteiger partial charge in [-0.2, -0.15) is 0 Å². The molecule has 0 saturated heterocycles. The number of hydrogen-bond donors (Lipinski definition) is 3. The number of urea groups is 1. The fourth-order valence-corrected chi connectivity index (χ4v) is 5.08. The Hall–Kier alpha value is -4.08. The number of nitrogens with zero attached hydrogens (tertiary/aromatic N) is 2. The summed E-state index contributed by atoms with van der Waals surface area (Å²) in [6.07, 6.45) is 1.91. The van der Waals surface area contributed by atoms with Crippen LogP contribution in [-0.2, 0) is 17.8 Å². The first-order chi connectivity index (χ1) is 17.4. The van der Waals surface area contributed by atoms with Crippen LogP contribution in [0.4, 0.5) is 15.5 Å². The number of phenols is 1. The van der Waals surface area contributed by atoms with Gasteiger partial charge in [-0.1, -0.05) is 23.7 Å². The number of amides is 3. The fraction of sp³-hybridized carbons (Fsp3) is 0.115. The minimum atomic E-state index is -0.814. The van der Waals surface area contributed by atoms with Crippen LogP contribution >= 0.6 is 22.9 Å². The Morgan fingerprint density at radius 1 is 0.972 bits per heavy atom. The van der Waals surface area contributed by atoms with E-state index < -0.39 is 12.1 Å². The van der Waals surface area contributed by atoms with E-state index in [1.807, 2.05) is 0 Å². The van der Waals surface area contributed by atoms with Gasteiger partial charge >= 0.3 is 6.03 Å². The van der Waals surface area contributed by atoms with Crippen molar-refractivity contribution in [1.29, 1.82) is 0 Å². The Morgan fingerprint density at radius 3 is 2.50 bits per heavy atom. The van der Waals surface area contributed by atoms with Crippen LogP contribution < -0.4 is 16.2 Å². The molecule has 8 nitrogen and oxygen atoms in total. The zero-order valence-corrected chi connectivity index (χ0v) is 20.4. The first kappa shape index (κ1) is 23.7. The van der Waals surface area contributed by atoms with Gasteiger partial charge in [0, 0.05) is 36.6 Å². The van der Waals surface area contributed by atoms with E-state index in [1.54, 1.807) is 72.9 Å². The monoisotopic (exact) mass is 520 g/mol. The number of carbonyl (C=O) groups is 2. The van der Waals surface area contributed by atoms with Gasteiger partial charge in [-0.15, -0.1) is 11.3 Å². The Bertz CT molecular complexity index is 1500. The van der Waals surface area contributed by atoms with E-state index in [0.717, 1.165) is 11.1 Å². The van der Waals surface area contributed by atoms with Gasteiger partial charge in [0.1, 0.15) is 11.8 Å². The minimum absolute atomic E-state index is 0.103. The average Bonchev–Trinajstić information content (AvgIpc) is 3.28. The van der Waals surface area contributed by atoms with Gasteiger partial charge in [0.2, 0.25) is 5.91 Å². The van der Waals surface area contributed by atoms with Crippen molar-refractivity contribution in [2.45, 2.75) is 19.0 Å². The number of hydrogen-bond acceptors (Lipinski definition) is 5. The predicted octanol–water partition coefficient (Wildman–Crippen LogP) is 4.86. The molecule has 182 valence electrons. The number of rotatable bonds is 4. The molecule has 0 radical (unpaired) electrons. The highest BCUT2D eigenvalue weighted by molar-refractivity contribution is 7.20. The summed E-state index contributed by atoms with van der Waals surface area (Å²) in [4.78, 5) is 40.1. The van der Waals surface area contributed by atoms with E-state index in [4.69, 9.17) is 11.6 Å². The van der Waals surface area contributed by atoms with E-state index in [1.165, 1.54) is 26.9 Å². The molecule has 3 N–H and O–H groups in total. The van der Waals surface area contributed by atoms with Crippen LogP contribution in [0.5, 0.6) is 5.75 Å². The molecule has 36 heavy (non-hydrogen) atoms. The lowest BCUT2D eigenvalue weighted by atomic mass is 9.93. The third kappa shape index (κ3) is 4.98. The van der Waals surface area contributed by atoms with E-state index in [9.17, 15) is 19.5 Å². The number of aromatic hydroxyl groups is 1. The molecule has 2 aromatic carbocycles. The number of phenolic OH excluding ortho intramolecular Hbond substituents is 1. The van der Waals surface area contributed by atoms with E-state index in [-0.39, 0.29) is 30.2 Å². The summed E-state index contributed by atoms with van der Waals surface area (Å²) in [6.45, 7) is 0.203. The van der Waals surface area contributed by atoms with Gasteiger partial charge in [0.25, 0.3) is 5.56 Å². The highest BCUT2D eigenvalue weighted by Gasteiger charge is 2.35. The molecule has 0 fully saturated rings. The maximum absolute atomic E-state index is 13.4.